The molecule has 8 nitrogen and oxygen atoms in total. The van der Waals surface area contributed by atoms with Gasteiger partial charge in [0.1, 0.15) is 6.33 Å². The van der Waals surface area contributed by atoms with E-state index in [1.165, 1.54) is 6.33 Å². The van der Waals surface area contributed by atoms with Crippen molar-refractivity contribution in [2.24, 2.45) is 5.84 Å². The lowest BCUT2D eigenvalue weighted by molar-refractivity contribution is -0.383. The van der Waals surface area contributed by atoms with Gasteiger partial charge in [0.05, 0.1) is 4.92 Å². The van der Waals surface area contributed by atoms with Gasteiger partial charge in [0.25, 0.3) is 0 Å². The molecule has 0 amide bonds. The minimum Gasteiger partial charge on any atom is -0.359 e. The van der Waals surface area contributed by atoms with Crippen LogP contribution in [0.5, 0.6) is 0 Å². The summed E-state index contributed by atoms with van der Waals surface area (Å²) in [5.74, 6) is 5.38. The molecule has 0 saturated heterocycles. The van der Waals surface area contributed by atoms with Crippen molar-refractivity contribution in [3.63, 3.8) is 0 Å². The maximum atomic E-state index is 11.1. The molecule has 0 saturated carbocycles. The number of nitrogens with two attached hydrogens (primary N) is 1. The summed E-state index contributed by atoms with van der Waals surface area (Å²) in [6.07, 6.45) is 2.86. The van der Waals surface area contributed by atoms with E-state index >= 15 is 0 Å². The van der Waals surface area contributed by atoms with Crippen molar-refractivity contribution >= 4 is 17.3 Å². The van der Waals surface area contributed by atoms with E-state index in [9.17, 15) is 10.1 Å². The Kier molecular flexibility index (Phi) is 4.38. The number of hydrazine groups is 1. The highest BCUT2D eigenvalue weighted by Gasteiger charge is 2.28. The molecule has 0 radical (unpaired) electrons. The molecule has 1 rings (SSSR count). The summed E-state index contributed by atoms with van der Waals surface area (Å²) in [6, 6.07) is 0. The molecule has 0 unspecified atom stereocenters. The number of nitrogens with zero attached hydrogens (tertiary/aromatic N) is 3. The monoisotopic (exact) mass is 254 g/mol. The van der Waals surface area contributed by atoms with Crippen LogP contribution in [0.4, 0.5) is 17.3 Å². The predicted molar refractivity (Wildman–Crippen MR) is 69.1 cm³/mol. The zero-order valence-electron chi connectivity index (χ0n) is 10.7. The summed E-state index contributed by atoms with van der Waals surface area (Å²) in [5, 5.41) is 14.1. The van der Waals surface area contributed by atoms with Gasteiger partial charge in [0, 0.05) is 5.54 Å². The third kappa shape index (κ3) is 2.83. The number of anilines is 2. The minimum atomic E-state index is -0.552. The molecule has 0 aromatic carbocycles. The molecule has 18 heavy (non-hydrogen) atoms. The second-order valence-electron chi connectivity index (χ2n) is 4.21. The van der Waals surface area contributed by atoms with E-state index in [2.05, 4.69) is 20.7 Å². The van der Waals surface area contributed by atoms with Crippen molar-refractivity contribution in [1.82, 2.24) is 9.97 Å². The van der Waals surface area contributed by atoms with E-state index < -0.39 is 4.92 Å². The van der Waals surface area contributed by atoms with Crippen molar-refractivity contribution in [2.45, 2.75) is 39.2 Å². The Labute approximate surface area is 105 Å². The topological polar surface area (TPSA) is 119 Å². The van der Waals surface area contributed by atoms with Crippen LogP contribution in [-0.4, -0.2) is 20.4 Å². The lowest BCUT2D eigenvalue weighted by Gasteiger charge is -2.28. The van der Waals surface area contributed by atoms with Crippen LogP contribution in [0.2, 0.25) is 0 Å². The van der Waals surface area contributed by atoms with Crippen molar-refractivity contribution in [1.29, 1.82) is 0 Å². The maximum Gasteiger partial charge on any atom is 0.354 e. The third-order valence-corrected chi connectivity index (χ3v) is 3.12. The second kappa shape index (κ2) is 5.58. The van der Waals surface area contributed by atoms with Gasteiger partial charge >= 0.3 is 5.69 Å². The Hall–Kier alpha value is -1.96. The number of hydrogen-bond donors (Lipinski definition) is 3. The first-order chi connectivity index (χ1) is 8.47. The average molecular weight is 254 g/mol. The SMILES string of the molecule is CCC(C)(CC)Nc1ncnc(NN)c1[N+](=O)[O-]. The molecular formula is C10H18N6O2. The molecule has 1 aromatic heterocycles. The Morgan fingerprint density at radius 2 is 1.94 bits per heavy atom. The van der Waals surface area contributed by atoms with Gasteiger partial charge in [-0.1, -0.05) is 13.8 Å². The molecule has 0 bridgehead atoms. The van der Waals surface area contributed by atoms with Gasteiger partial charge in [-0.3, -0.25) is 10.1 Å². The smallest absolute Gasteiger partial charge is 0.354 e. The summed E-state index contributed by atoms with van der Waals surface area (Å²) < 4.78 is 0. The van der Waals surface area contributed by atoms with Gasteiger partial charge in [-0.25, -0.2) is 15.8 Å². The fourth-order valence-corrected chi connectivity index (χ4v) is 1.46. The van der Waals surface area contributed by atoms with Crippen LogP contribution < -0.4 is 16.6 Å². The zero-order chi connectivity index (χ0) is 13.8. The second-order valence-corrected chi connectivity index (χ2v) is 4.21. The van der Waals surface area contributed by atoms with Crippen molar-refractivity contribution in [3.05, 3.63) is 16.4 Å². The number of nitro groups is 1. The largest absolute Gasteiger partial charge is 0.359 e. The highest BCUT2D eigenvalue weighted by atomic mass is 16.6. The molecule has 1 heterocycles. The number of aromatic nitrogens is 2. The van der Waals surface area contributed by atoms with Crippen LogP contribution in [0.15, 0.2) is 6.33 Å². The molecule has 0 fully saturated rings. The normalized spacial score (nSPS) is 11.1. The Bertz CT molecular complexity index is 432. The van der Waals surface area contributed by atoms with Gasteiger partial charge in [-0.15, -0.1) is 0 Å². The Morgan fingerprint density at radius 3 is 2.39 bits per heavy atom. The summed E-state index contributed by atoms with van der Waals surface area (Å²) in [6.45, 7) is 5.99. The molecular weight excluding hydrogens is 236 g/mol. The number of nitrogens with one attached hydrogen (secondary N) is 2. The molecule has 8 heteroatoms. The van der Waals surface area contributed by atoms with Crippen LogP contribution in [0.1, 0.15) is 33.6 Å². The zero-order valence-corrected chi connectivity index (χ0v) is 10.7. The molecule has 1 aromatic rings. The molecule has 100 valence electrons. The van der Waals surface area contributed by atoms with Crippen LogP contribution in [-0.2, 0) is 0 Å². The van der Waals surface area contributed by atoms with Crippen LogP contribution in [0, 0.1) is 10.1 Å². The van der Waals surface area contributed by atoms with Crippen LogP contribution in [0.3, 0.4) is 0 Å². The molecule has 0 aliphatic heterocycles. The van der Waals surface area contributed by atoms with Gasteiger partial charge in [0.2, 0.25) is 11.6 Å². The Morgan fingerprint density at radius 1 is 1.39 bits per heavy atom. The maximum absolute atomic E-state index is 11.1. The summed E-state index contributed by atoms with van der Waals surface area (Å²) in [7, 11) is 0. The van der Waals surface area contributed by atoms with E-state index in [4.69, 9.17) is 5.84 Å². The molecule has 0 aliphatic rings. The van der Waals surface area contributed by atoms with Crippen molar-refractivity contribution < 1.29 is 4.92 Å². The number of hydrogen-bond acceptors (Lipinski definition) is 7. The fraction of sp³-hybridized carbons (Fsp3) is 0.600. The van der Waals surface area contributed by atoms with Crippen molar-refractivity contribution in [3.8, 4) is 0 Å². The lowest BCUT2D eigenvalue weighted by Crippen LogP contribution is -2.34. The predicted octanol–water partition coefficient (Wildman–Crippen LogP) is 1.66. The number of nitrogen functional groups attached to an aromatic ring is 1. The van der Waals surface area contributed by atoms with Crippen LogP contribution in [0.25, 0.3) is 0 Å². The van der Waals surface area contributed by atoms with Crippen LogP contribution >= 0.6 is 0 Å². The first-order valence-electron chi connectivity index (χ1n) is 5.71. The van der Waals surface area contributed by atoms with Crippen molar-refractivity contribution in [2.75, 3.05) is 10.7 Å². The molecule has 4 N–H and O–H groups in total. The molecule has 0 aliphatic carbocycles. The van der Waals surface area contributed by atoms with E-state index in [0.29, 0.717) is 0 Å². The fourth-order valence-electron chi connectivity index (χ4n) is 1.46. The van der Waals surface area contributed by atoms with Gasteiger partial charge in [-0.05, 0) is 19.8 Å². The molecule has 0 atom stereocenters. The van der Waals surface area contributed by atoms with Gasteiger partial charge in [0.15, 0.2) is 0 Å². The van der Waals surface area contributed by atoms with E-state index in [0.717, 1.165) is 12.8 Å². The van der Waals surface area contributed by atoms with E-state index in [-0.39, 0.29) is 22.9 Å². The summed E-state index contributed by atoms with van der Waals surface area (Å²) in [4.78, 5) is 18.2. The van der Waals surface area contributed by atoms with E-state index in [1.54, 1.807) is 0 Å². The third-order valence-electron chi connectivity index (χ3n) is 3.12. The first kappa shape index (κ1) is 14.1. The minimum absolute atomic E-state index is 0.00736. The average Bonchev–Trinajstić information content (AvgIpc) is 2.37. The molecule has 0 spiro atoms. The quantitative estimate of drug-likeness (QED) is 0.401. The first-order valence-corrected chi connectivity index (χ1v) is 5.71. The summed E-state index contributed by atoms with van der Waals surface area (Å²) in [5.41, 5.74) is 1.70. The van der Waals surface area contributed by atoms with Gasteiger partial charge < -0.3 is 10.7 Å². The summed E-state index contributed by atoms with van der Waals surface area (Å²) >= 11 is 0. The standard InChI is InChI=1S/C10H18N6O2/c1-4-10(3,5-2)14-8-7(16(17)18)9(15-11)13-6-12-8/h6H,4-5,11H2,1-3H3,(H2,12,13,14,15). The highest BCUT2D eigenvalue weighted by molar-refractivity contribution is 5.69. The van der Waals surface area contributed by atoms with Gasteiger partial charge in [-0.2, -0.15) is 0 Å². The Balaban J connectivity index is 3.20. The number of rotatable bonds is 6. The lowest BCUT2D eigenvalue weighted by atomic mass is 9.95. The highest BCUT2D eigenvalue weighted by Crippen LogP contribution is 2.31. The van der Waals surface area contributed by atoms with E-state index in [1.807, 2.05) is 20.8 Å².